The maximum atomic E-state index is 10.7. The highest BCUT2D eigenvalue weighted by atomic mass is 16.3. The molecular weight excluding hydrogens is 274 g/mol. The van der Waals surface area contributed by atoms with E-state index in [1.807, 2.05) is 26.4 Å². The number of aliphatic hydroxyl groups is 1. The molecule has 1 fully saturated rings. The molecule has 1 saturated heterocycles. The van der Waals surface area contributed by atoms with Crippen LogP contribution in [-0.2, 0) is 6.54 Å². The van der Waals surface area contributed by atoms with Crippen molar-refractivity contribution in [1.29, 1.82) is 0 Å². The SMILES string of the molecule is Cc1ccc2ncccc2c1CN1CC[C@@](O)(CN(C)C)C1. The first-order chi connectivity index (χ1) is 10.5. The lowest BCUT2D eigenvalue weighted by Crippen LogP contribution is -2.42. The van der Waals surface area contributed by atoms with Crippen molar-refractivity contribution in [1.82, 2.24) is 14.8 Å². The van der Waals surface area contributed by atoms with Gasteiger partial charge in [0.2, 0.25) is 0 Å². The van der Waals surface area contributed by atoms with E-state index in [9.17, 15) is 5.11 Å². The van der Waals surface area contributed by atoms with Gasteiger partial charge in [0.05, 0.1) is 11.1 Å². The average molecular weight is 299 g/mol. The van der Waals surface area contributed by atoms with Crippen LogP contribution in [0.15, 0.2) is 30.5 Å². The van der Waals surface area contributed by atoms with Gasteiger partial charge in [0.25, 0.3) is 0 Å². The number of aryl methyl sites for hydroxylation is 1. The predicted octanol–water partition coefficient (Wildman–Crippen LogP) is 2.04. The fraction of sp³-hybridized carbons (Fsp3) is 0.500. The molecule has 1 aromatic carbocycles. The van der Waals surface area contributed by atoms with Crippen LogP contribution in [0.2, 0.25) is 0 Å². The van der Waals surface area contributed by atoms with Gasteiger partial charge in [0, 0.05) is 37.8 Å². The lowest BCUT2D eigenvalue weighted by Gasteiger charge is -2.27. The summed E-state index contributed by atoms with van der Waals surface area (Å²) in [6.45, 7) is 5.44. The third-order valence-corrected chi connectivity index (χ3v) is 4.53. The van der Waals surface area contributed by atoms with E-state index in [0.717, 1.165) is 38.1 Å². The quantitative estimate of drug-likeness (QED) is 0.938. The predicted molar refractivity (Wildman–Crippen MR) is 89.9 cm³/mol. The van der Waals surface area contributed by atoms with E-state index in [-0.39, 0.29) is 0 Å². The Bertz CT molecular complexity index is 670. The Kier molecular flexibility index (Phi) is 4.17. The molecule has 0 radical (unpaired) electrons. The normalized spacial score (nSPS) is 22.8. The van der Waals surface area contributed by atoms with E-state index < -0.39 is 5.60 Å². The second-order valence-corrected chi connectivity index (χ2v) is 6.85. The summed E-state index contributed by atoms with van der Waals surface area (Å²) in [5.41, 5.74) is 3.09. The second-order valence-electron chi connectivity index (χ2n) is 6.85. The maximum Gasteiger partial charge on any atom is 0.0912 e. The minimum Gasteiger partial charge on any atom is -0.387 e. The zero-order valence-corrected chi connectivity index (χ0v) is 13.7. The van der Waals surface area contributed by atoms with Crippen LogP contribution in [0.5, 0.6) is 0 Å². The Hall–Kier alpha value is -1.49. The molecule has 1 N–H and O–H groups in total. The monoisotopic (exact) mass is 299 g/mol. The number of rotatable bonds is 4. The number of hydrogen-bond acceptors (Lipinski definition) is 4. The molecule has 3 rings (SSSR count). The van der Waals surface area contributed by atoms with Crippen LogP contribution in [0.4, 0.5) is 0 Å². The third kappa shape index (κ3) is 3.14. The molecule has 1 atom stereocenters. The minimum absolute atomic E-state index is 0.583. The summed E-state index contributed by atoms with van der Waals surface area (Å²) < 4.78 is 0. The van der Waals surface area contributed by atoms with Gasteiger partial charge in [-0.2, -0.15) is 0 Å². The number of nitrogens with zero attached hydrogens (tertiary/aromatic N) is 3. The summed E-state index contributed by atoms with van der Waals surface area (Å²) in [5.74, 6) is 0. The van der Waals surface area contributed by atoms with Crippen LogP contribution in [0.3, 0.4) is 0 Å². The molecule has 2 aromatic rings. The largest absolute Gasteiger partial charge is 0.387 e. The summed E-state index contributed by atoms with van der Waals surface area (Å²) in [4.78, 5) is 8.88. The number of benzene rings is 1. The topological polar surface area (TPSA) is 39.6 Å². The van der Waals surface area contributed by atoms with E-state index in [1.165, 1.54) is 16.5 Å². The van der Waals surface area contributed by atoms with Crippen molar-refractivity contribution in [3.63, 3.8) is 0 Å². The van der Waals surface area contributed by atoms with E-state index >= 15 is 0 Å². The van der Waals surface area contributed by atoms with Crippen LogP contribution >= 0.6 is 0 Å². The van der Waals surface area contributed by atoms with Gasteiger partial charge in [-0.25, -0.2) is 0 Å². The number of pyridine rings is 1. The second kappa shape index (κ2) is 5.95. The van der Waals surface area contributed by atoms with Crippen molar-refractivity contribution in [3.05, 3.63) is 41.6 Å². The fourth-order valence-electron chi connectivity index (χ4n) is 3.55. The van der Waals surface area contributed by atoms with Crippen molar-refractivity contribution >= 4 is 10.9 Å². The first-order valence-electron chi connectivity index (χ1n) is 7.89. The van der Waals surface area contributed by atoms with Gasteiger partial charge in [0.1, 0.15) is 0 Å². The van der Waals surface area contributed by atoms with Crippen molar-refractivity contribution in [3.8, 4) is 0 Å². The van der Waals surface area contributed by atoms with Crippen LogP contribution in [0.25, 0.3) is 10.9 Å². The van der Waals surface area contributed by atoms with Gasteiger partial charge >= 0.3 is 0 Å². The molecule has 1 aliphatic heterocycles. The first kappa shape index (κ1) is 15.4. The molecule has 1 aromatic heterocycles. The number of aromatic nitrogens is 1. The van der Waals surface area contributed by atoms with Gasteiger partial charge in [-0.3, -0.25) is 9.88 Å². The highest BCUT2D eigenvalue weighted by molar-refractivity contribution is 5.83. The van der Waals surface area contributed by atoms with Crippen molar-refractivity contribution in [2.24, 2.45) is 0 Å². The number of fused-ring (bicyclic) bond motifs is 1. The fourth-order valence-corrected chi connectivity index (χ4v) is 3.55. The molecule has 118 valence electrons. The average Bonchev–Trinajstić information content (AvgIpc) is 2.82. The summed E-state index contributed by atoms with van der Waals surface area (Å²) in [7, 11) is 4.03. The first-order valence-corrected chi connectivity index (χ1v) is 7.89. The molecule has 1 aliphatic rings. The number of hydrogen-bond donors (Lipinski definition) is 1. The molecular formula is C18H25N3O. The molecule has 0 bridgehead atoms. The van der Waals surface area contributed by atoms with E-state index in [2.05, 4.69) is 39.9 Å². The Morgan fingerprint density at radius 1 is 1.32 bits per heavy atom. The molecule has 0 spiro atoms. The zero-order chi connectivity index (χ0) is 15.7. The molecule has 0 saturated carbocycles. The molecule has 0 aliphatic carbocycles. The van der Waals surface area contributed by atoms with Crippen molar-refractivity contribution < 1.29 is 5.11 Å². The van der Waals surface area contributed by atoms with Crippen LogP contribution in [-0.4, -0.2) is 59.2 Å². The molecule has 4 heteroatoms. The van der Waals surface area contributed by atoms with Gasteiger partial charge in [-0.1, -0.05) is 12.1 Å². The minimum atomic E-state index is -0.583. The smallest absolute Gasteiger partial charge is 0.0912 e. The van der Waals surface area contributed by atoms with Crippen LogP contribution in [0.1, 0.15) is 17.5 Å². The Morgan fingerprint density at radius 3 is 2.91 bits per heavy atom. The summed E-state index contributed by atoms with van der Waals surface area (Å²) >= 11 is 0. The summed E-state index contributed by atoms with van der Waals surface area (Å²) in [6, 6.07) is 8.37. The molecule has 0 amide bonds. The van der Waals surface area contributed by atoms with Crippen molar-refractivity contribution in [2.75, 3.05) is 33.7 Å². The van der Waals surface area contributed by atoms with Crippen LogP contribution < -0.4 is 0 Å². The molecule has 0 unspecified atom stereocenters. The summed E-state index contributed by atoms with van der Waals surface area (Å²) in [6.07, 6.45) is 2.68. The van der Waals surface area contributed by atoms with Gasteiger partial charge < -0.3 is 10.0 Å². The number of β-amino-alcohol motifs (C(OH)–C–C–N with tert-alkyl or cyclic N) is 1. The standard InChI is InChI=1S/C18H25N3O/c1-14-6-7-17-15(5-4-9-19-17)16(14)11-21-10-8-18(22,13-21)12-20(2)3/h4-7,9,22H,8,10-13H2,1-3H3/t18-/m1/s1. The van der Waals surface area contributed by atoms with E-state index in [0.29, 0.717) is 0 Å². The summed E-state index contributed by atoms with van der Waals surface area (Å²) in [5, 5.41) is 11.9. The maximum absolute atomic E-state index is 10.7. The highest BCUT2D eigenvalue weighted by Gasteiger charge is 2.36. The zero-order valence-electron chi connectivity index (χ0n) is 13.7. The number of likely N-dealkylation sites (tertiary alicyclic amines) is 1. The van der Waals surface area contributed by atoms with E-state index in [4.69, 9.17) is 0 Å². The molecule has 4 nitrogen and oxygen atoms in total. The van der Waals surface area contributed by atoms with Gasteiger partial charge in [-0.05, 0) is 50.7 Å². The Morgan fingerprint density at radius 2 is 2.14 bits per heavy atom. The van der Waals surface area contributed by atoms with Gasteiger partial charge in [-0.15, -0.1) is 0 Å². The third-order valence-electron chi connectivity index (χ3n) is 4.53. The molecule has 22 heavy (non-hydrogen) atoms. The lowest BCUT2D eigenvalue weighted by atomic mass is 10.0. The van der Waals surface area contributed by atoms with Crippen LogP contribution in [0, 0.1) is 6.92 Å². The number of likely N-dealkylation sites (N-methyl/N-ethyl adjacent to an activating group) is 1. The molecule has 2 heterocycles. The highest BCUT2D eigenvalue weighted by Crippen LogP contribution is 2.27. The Balaban J connectivity index is 1.81. The van der Waals surface area contributed by atoms with Gasteiger partial charge in [0.15, 0.2) is 0 Å². The van der Waals surface area contributed by atoms with Crippen molar-refractivity contribution in [2.45, 2.75) is 25.5 Å². The van der Waals surface area contributed by atoms with E-state index in [1.54, 1.807) is 0 Å². The lowest BCUT2D eigenvalue weighted by molar-refractivity contribution is 0.0240. The Labute approximate surface area is 132 Å².